The molecular formula is C54H47F6N15O2. The minimum atomic E-state index is -4.69. The van der Waals surface area contributed by atoms with Crippen LogP contribution in [-0.2, 0) is 46.6 Å². The predicted molar refractivity (Wildman–Crippen MR) is 272 cm³/mol. The zero-order valence-corrected chi connectivity index (χ0v) is 41.8. The van der Waals surface area contributed by atoms with Gasteiger partial charge in [-0.2, -0.15) is 36.7 Å². The minimum Gasteiger partial charge on any atom is -0.370 e. The van der Waals surface area contributed by atoms with Crippen LogP contribution < -0.4 is 20.4 Å². The van der Waals surface area contributed by atoms with E-state index in [0.29, 0.717) is 75.4 Å². The van der Waals surface area contributed by atoms with Gasteiger partial charge < -0.3 is 19.8 Å². The Balaban J connectivity index is 0.845. The van der Waals surface area contributed by atoms with E-state index in [1.165, 1.54) is 40.4 Å². The maximum absolute atomic E-state index is 14.2. The maximum Gasteiger partial charge on any atom is 0.416 e. The second kappa shape index (κ2) is 19.3. The first-order valence-electron chi connectivity index (χ1n) is 24.6. The molecule has 1 aliphatic carbocycles. The van der Waals surface area contributed by atoms with Crippen LogP contribution in [0.4, 0.5) is 49.6 Å². The van der Waals surface area contributed by atoms with Gasteiger partial charge in [0.05, 0.1) is 53.3 Å². The number of nitrogens with one attached hydrogen (secondary N) is 2. The first kappa shape index (κ1) is 50.2. The van der Waals surface area contributed by atoms with Gasteiger partial charge in [-0.1, -0.05) is 19.1 Å². The summed E-state index contributed by atoms with van der Waals surface area (Å²) in [7, 11) is 5.32. The molecule has 0 bridgehead atoms. The molecule has 0 spiro atoms. The number of nitriles is 1. The van der Waals surface area contributed by atoms with Crippen LogP contribution in [0, 0.1) is 29.1 Å². The first-order chi connectivity index (χ1) is 36.8. The summed E-state index contributed by atoms with van der Waals surface area (Å²) in [4.78, 5) is 40.0. The molecule has 3 aliphatic rings. The lowest BCUT2D eigenvalue weighted by Crippen LogP contribution is -2.34. The Morgan fingerprint density at radius 1 is 0.675 bits per heavy atom. The largest absolute Gasteiger partial charge is 0.416 e. The van der Waals surface area contributed by atoms with Gasteiger partial charge in [0.25, 0.3) is 11.8 Å². The number of aromatic nitrogens is 10. The van der Waals surface area contributed by atoms with Crippen LogP contribution in [0.5, 0.6) is 0 Å². The number of carbonyl (C=O) groups excluding carboxylic acids is 2. The van der Waals surface area contributed by atoms with Crippen LogP contribution in [0.15, 0.2) is 97.7 Å². The van der Waals surface area contributed by atoms with E-state index in [4.69, 9.17) is 9.97 Å². The number of fused-ring (bicyclic) bond motifs is 2. The van der Waals surface area contributed by atoms with Crippen molar-refractivity contribution in [3.05, 3.63) is 137 Å². The molecule has 2 amide bonds. The molecule has 0 saturated heterocycles. The number of anilines is 4. The number of hydrogen-bond acceptors (Lipinski definition) is 12. The third-order valence-corrected chi connectivity index (χ3v) is 14.8. The standard InChI is InChI=1S/C54H47F6N15O2/c1-29(22-62-44-17-33(38-16-30(21-61)11-14-35(38)49-69-64-27-71(49)2)19-46(67-44)74-25-40-36(51(74)76)7-5-9-42(40)53(55,56)57)15-31-12-13-32(31)23-63-45-18-34(48-39(24-66-73(48)4)50-70-65-28-72(50)3)20-47(68-45)75-26-41-37(52(75)77)8-6-10-43(41)54(58,59)60/h5-11,14,16-20,24,27-29,31-32H,12-13,15,22-23,25-26H2,1-4H3,(H,62,67)(H,63,68). The Bertz CT molecular complexity index is 3690. The number of amides is 2. The molecule has 11 rings (SSSR count). The Morgan fingerprint density at radius 3 is 1.78 bits per heavy atom. The second-order valence-corrected chi connectivity index (χ2v) is 19.8. The van der Waals surface area contributed by atoms with Crippen molar-refractivity contribution < 1.29 is 35.9 Å². The molecular weight excluding hydrogens is 1000 g/mol. The van der Waals surface area contributed by atoms with Gasteiger partial charge in [-0.25, -0.2) is 9.97 Å². The summed E-state index contributed by atoms with van der Waals surface area (Å²) in [5.41, 5.74) is 1.78. The van der Waals surface area contributed by atoms with Crippen molar-refractivity contribution in [3.63, 3.8) is 0 Å². The van der Waals surface area contributed by atoms with Gasteiger partial charge in [0, 0.05) is 56.5 Å². The fraction of sp³-hybridized carbons (Fsp3) is 0.296. The molecule has 8 aromatic rings. The van der Waals surface area contributed by atoms with Gasteiger partial charge in [0.15, 0.2) is 11.6 Å². The molecule has 5 aromatic heterocycles. The van der Waals surface area contributed by atoms with Crippen molar-refractivity contribution in [1.82, 2.24) is 49.3 Å². The van der Waals surface area contributed by atoms with Gasteiger partial charge in [-0.05, 0) is 126 Å². The Kier molecular flexibility index (Phi) is 12.6. The summed E-state index contributed by atoms with van der Waals surface area (Å²) >= 11 is 0. The number of pyridine rings is 2. The molecule has 23 heteroatoms. The smallest absolute Gasteiger partial charge is 0.370 e. The van der Waals surface area contributed by atoms with Crippen molar-refractivity contribution in [2.75, 3.05) is 33.5 Å². The van der Waals surface area contributed by atoms with Crippen LogP contribution in [0.2, 0.25) is 0 Å². The average Bonchev–Trinajstić information content (AvgIpc) is 4.27. The summed E-state index contributed by atoms with van der Waals surface area (Å²) in [5.74, 6) is 1.37. The van der Waals surface area contributed by atoms with Gasteiger partial charge in [-0.15, -0.1) is 20.4 Å². The van der Waals surface area contributed by atoms with Gasteiger partial charge in [-0.3, -0.25) is 24.1 Å². The normalized spacial score (nSPS) is 16.6. The van der Waals surface area contributed by atoms with E-state index in [0.717, 1.165) is 31.4 Å². The number of alkyl halides is 6. The number of nitrogens with zero attached hydrogens (tertiary/aromatic N) is 13. The highest BCUT2D eigenvalue weighted by Crippen LogP contribution is 2.44. The molecule has 1 saturated carbocycles. The van der Waals surface area contributed by atoms with Gasteiger partial charge in [0.2, 0.25) is 0 Å². The van der Waals surface area contributed by atoms with Crippen LogP contribution in [-0.4, -0.2) is 74.2 Å². The Hall–Kier alpha value is -8.94. The van der Waals surface area contributed by atoms with Crippen LogP contribution in [0.1, 0.15) is 74.7 Å². The monoisotopic (exact) mass is 1050 g/mol. The lowest BCUT2D eigenvalue weighted by Gasteiger charge is -2.38. The fourth-order valence-electron chi connectivity index (χ4n) is 10.7. The fourth-order valence-corrected chi connectivity index (χ4v) is 10.7. The molecule has 77 heavy (non-hydrogen) atoms. The van der Waals surface area contributed by atoms with Crippen LogP contribution in [0.25, 0.3) is 45.2 Å². The van der Waals surface area contributed by atoms with E-state index in [2.05, 4.69) is 49.1 Å². The molecule has 3 atom stereocenters. The van der Waals surface area contributed by atoms with E-state index in [9.17, 15) is 41.2 Å². The Morgan fingerprint density at radius 2 is 1.23 bits per heavy atom. The molecule has 2 aliphatic heterocycles. The third kappa shape index (κ3) is 9.37. The summed E-state index contributed by atoms with van der Waals surface area (Å²) in [6.45, 7) is 2.34. The number of carbonyl (C=O) groups is 2. The number of halogens is 6. The summed E-state index contributed by atoms with van der Waals surface area (Å²) < 4.78 is 90.4. The quantitative estimate of drug-likeness (QED) is 0.0981. The minimum absolute atomic E-state index is 0.0415. The second-order valence-electron chi connectivity index (χ2n) is 19.8. The molecule has 392 valence electrons. The molecule has 3 unspecified atom stereocenters. The topological polar surface area (TPSA) is 193 Å². The van der Waals surface area contributed by atoms with E-state index < -0.39 is 35.3 Å². The summed E-state index contributed by atoms with van der Waals surface area (Å²) in [6.07, 6.45) is -1.96. The molecule has 1 fully saturated rings. The summed E-state index contributed by atoms with van der Waals surface area (Å²) in [5, 5.41) is 38.0. The SMILES string of the molecule is CC(CNc1cc(-c2cc(C#N)ccc2-c2nncn2C)cc(N2Cc3c(cccc3C(F)(F)F)C2=O)n1)CC1CCC1CNc1cc(-c2c(-c3nncn3C)cnn2C)cc(N2Cc3c(cccc3C(F)(F)F)C2=O)n1. The number of rotatable bonds is 14. The number of benzene rings is 3. The predicted octanol–water partition coefficient (Wildman–Crippen LogP) is 9.94. The van der Waals surface area contributed by atoms with Crippen molar-refractivity contribution in [3.8, 4) is 51.2 Å². The third-order valence-electron chi connectivity index (χ3n) is 14.8. The van der Waals surface area contributed by atoms with Gasteiger partial charge in [0.1, 0.15) is 35.9 Å². The van der Waals surface area contributed by atoms with Crippen LogP contribution in [0.3, 0.4) is 0 Å². The van der Waals surface area contributed by atoms with Crippen molar-refractivity contribution >= 4 is 35.1 Å². The first-order valence-corrected chi connectivity index (χ1v) is 24.6. The number of hydrogen-bond donors (Lipinski definition) is 2. The molecule has 7 heterocycles. The summed E-state index contributed by atoms with van der Waals surface area (Å²) in [6, 6.07) is 21.3. The Labute approximate surface area is 436 Å². The van der Waals surface area contributed by atoms with Crippen molar-refractivity contribution in [2.24, 2.45) is 38.9 Å². The highest BCUT2D eigenvalue weighted by atomic mass is 19.4. The van der Waals surface area contributed by atoms with E-state index in [1.807, 2.05) is 6.07 Å². The van der Waals surface area contributed by atoms with E-state index in [-0.39, 0.29) is 64.7 Å². The highest BCUT2D eigenvalue weighted by Gasteiger charge is 2.42. The van der Waals surface area contributed by atoms with E-state index in [1.54, 1.807) is 83.9 Å². The average molecular weight is 1050 g/mol. The van der Waals surface area contributed by atoms with Crippen molar-refractivity contribution in [1.29, 1.82) is 5.26 Å². The molecule has 0 radical (unpaired) electrons. The van der Waals surface area contributed by atoms with Crippen LogP contribution >= 0.6 is 0 Å². The number of aryl methyl sites for hydroxylation is 3. The zero-order valence-electron chi connectivity index (χ0n) is 41.8. The zero-order chi connectivity index (χ0) is 54.1. The van der Waals surface area contributed by atoms with Gasteiger partial charge >= 0.3 is 12.4 Å². The van der Waals surface area contributed by atoms with Crippen molar-refractivity contribution in [2.45, 2.75) is 51.6 Å². The molecule has 3 aromatic carbocycles. The maximum atomic E-state index is 14.2. The lowest BCUT2D eigenvalue weighted by molar-refractivity contribution is -0.139. The molecule has 17 nitrogen and oxygen atoms in total. The lowest BCUT2D eigenvalue weighted by atomic mass is 9.70. The molecule has 2 N–H and O–H groups in total. The van der Waals surface area contributed by atoms with E-state index >= 15 is 0 Å². The highest BCUT2D eigenvalue weighted by molar-refractivity contribution is 6.11.